The summed E-state index contributed by atoms with van der Waals surface area (Å²) in [7, 11) is 2.19. The van der Waals surface area contributed by atoms with E-state index in [1.54, 1.807) is 0 Å². The van der Waals surface area contributed by atoms with Gasteiger partial charge in [0.2, 0.25) is 0 Å². The van der Waals surface area contributed by atoms with E-state index < -0.39 is 0 Å². The number of hydrogen-bond donors (Lipinski definition) is 2. The summed E-state index contributed by atoms with van der Waals surface area (Å²) in [6, 6.07) is 0.523. The second kappa shape index (κ2) is 5.67. The normalized spacial score (nSPS) is 36.8. The molecule has 0 aromatic carbocycles. The number of nitrogens with zero attached hydrogens (tertiary/aromatic N) is 2. The van der Waals surface area contributed by atoms with Gasteiger partial charge in [0.05, 0.1) is 6.04 Å². The topological polar surface area (TPSA) is 47.6 Å². The van der Waals surface area contributed by atoms with E-state index in [4.69, 9.17) is 0 Å². The average Bonchev–Trinajstić information content (AvgIpc) is 3.01. The third kappa shape index (κ3) is 3.03. The Labute approximate surface area is 115 Å². The van der Waals surface area contributed by atoms with Gasteiger partial charge in [0, 0.05) is 19.6 Å². The van der Waals surface area contributed by atoms with Gasteiger partial charge in [-0.3, -0.25) is 0 Å². The lowest BCUT2D eigenvalue weighted by Crippen LogP contribution is -2.43. The van der Waals surface area contributed by atoms with Crippen molar-refractivity contribution < 1.29 is 4.79 Å². The molecule has 0 bridgehead atoms. The van der Waals surface area contributed by atoms with Crippen LogP contribution in [-0.4, -0.2) is 68.2 Å². The van der Waals surface area contributed by atoms with Crippen molar-refractivity contribution in [1.82, 2.24) is 20.4 Å². The molecule has 3 saturated heterocycles. The van der Waals surface area contributed by atoms with E-state index in [-0.39, 0.29) is 6.03 Å². The van der Waals surface area contributed by atoms with Crippen LogP contribution in [0.2, 0.25) is 0 Å². The van der Waals surface area contributed by atoms with Crippen LogP contribution in [0.15, 0.2) is 0 Å². The highest BCUT2D eigenvalue weighted by molar-refractivity contribution is 5.77. The highest BCUT2D eigenvalue weighted by Crippen LogP contribution is 2.23. The molecule has 5 nitrogen and oxygen atoms in total. The summed E-state index contributed by atoms with van der Waals surface area (Å²) >= 11 is 0. The Hall–Kier alpha value is -0.810. The Morgan fingerprint density at radius 3 is 2.95 bits per heavy atom. The molecular formula is C14H26N4O. The maximum absolute atomic E-state index is 12.1. The molecule has 2 amide bonds. The van der Waals surface area contributed by atoms with Crippen molar-refractivity contribution >= 4 is 6.03 Å². The predicted octanol–water partition coefficient (Wildman–Crippen LogP) is 0.332. The van der Waals surface area contributed by atoms with Crippen molar-refractivity contribution in [3.8, 4) is 0 Å². The van der Waals surface area contributed by atoms with Crippen molar-refractivity contribution in [2.24, 2.45) is 11.8 Å². The second-order valence-electron chi connectivity index (χ2n) is 6.48. The van der Waals surface area contributed by atoms with Crippen LogP contribution in [-0.2, 0) is 0 Å². The summed E-state index contributed by atoms with van der Waals surface area (Å²) in [4.78, 5) is 16.5. The monoisotopic (exact) mass is 266 g/mol. The summed E-state index contributed by atoms with van der Waals surface area (Å²) in [6.45, 7) is 6.35. The van der Waals surface area contributed by atoms with E-state index in [1.165, 1.54) is 25.8 Å². The molecule has 0 spiro atoms. The van der Waals surface area contributed by atoms with Crippen molar-refractivity contribution in [2.75, 3.05) is 46.3 Å². The van der Waals surface area contributed by atoms with Crippen molar-refractivity contribution in [3.05, 3.63) is 0 Å². The number of nitrogens with one attached hydrogen (secondary N) is 2. The number of piperidine rings is 1. The zero-order valence-corrected chi connectivity index (χ0v) is 11.9. The number of carbonyl (C=O) groups is 1. The van der Waals surface area contributed by atoms with Crippen LogP contribution in [0.4, 0.5) is 4.79 Å². The number of rotatable bonds is 3. The Morgan fingerprint density at radius 2 is 2.21 bits per heavy atom. The first kappa shape index (κ1) is 13.2. The van der Waals surface area contributed by atoms with Crippen LogP contribution in [0.5, 0.6) is 0 Å². The molecule has 19 heavy (non-hydrogen) atoms. The zero-order valence-electron chi connectivity index (χ0n) is 11.9. The second-order valence-corrected chi connectivity index (χ2v) is 6.48. The van der Waals surface area contributed by atoms with Gasteiger partial charge in [-0.05, 0) is 57.8 Å². The van der Waals surface area contributed by atoms with Crippen molar-refractivity contribution in [2.45, 2.75) is 25.3 Å². The zero-order chi connectivity index (χ0) is 13.2. The summed E-state index contributed by atoms with van der Waals surface area (Å²) in [5.41, 5.74) is 0. The highest BCUT2D eigenvalue weighted by Gasteiger charge is 2.36. The lowest BCUT2D eigenvalue weighted by atomic mass is 9.91. The van der Waals surface area contributed by atoms with Gasteiger partial charge in [-0.25, -0.2) is 4.79 Å². The lowest BCUT2D eigenvalue weighted by molar-refractivity contribution is 0.178. The molecule has 3 aliphatic rings. The number of carbonyl (C=O) groups excluding carboxylic acids is 1. The van der Waals surface area contributed by atoms with Crippen LogP contribution in [0.25, 0.3) is 0 Å². The summed E-state index contributed by atoms with van der Waals surface area (Å²) in [5, 5.41) is 6.58. The highest BCUT2D eigenvalue weighted by atomic mass is 16.2. The molecule has 3 unspecified atom stereocenters. The first-order valence-corrected chi connectivity index (χ1v) is 7.67. The van der Waals surface area contributed by atoms with Crippen LogP contribution >= 0.6 is 0 Å². The first-order valence-electron chi connectivity index (χ1n) is 7.67. The molecule has 0 saturated carbocycles. The molecule has 3 atom stereocenters. The van der Waals surface area contributed by atoms with E-state index in [0.29, 0.717) is 17.9 Å². The molecule has 0 aromatic rings. The lowest BCUT2D eigenvalue weighted by Gasteiger charge is -2.33. The van der Waals surface area contributed by atoms with Gasteiger partial charge in [-0.2, -0.15) is 0 Å². The molecule has 3 aliphatic heterocycles. The number of hydrogen-bond acceptors (Lipinski definition) is 3. The summed E-state index contributed by atoms with van der Waals surface area (Å²) in [5.74, 6) is 1.29. The SMILES string of the molecule is CN1CCCC(C2CN(CC3CCNC3)C(=O)N2)C1. The maximum atomic E-state index is 12.1. The Kier molecular flexibility index (Phi) is 3.93. The van der Waals surface area contributed by atoms with Gasteiger partial charge < -0.3 is 20.4 Å². The Bertz CT molecular complexity index is 329. The van der Waals surface area contributed by atoms with Gasteiger partial charge in [-0.15, -0.1) is 0 Å². The van der Waals surface area contributed by atoms with Gasteiger partial charge in [-0.1, -0.05) is 0 Å². The molecule has 0 aliphatic carbocycles. The maximum Gasteiger partial charge on any atom is 0.317 e. The quantitative estimate of drug-likeness (QED) is 0.774. The number of likely N-dealkylation sites (tertiary alicyclic amines) is 1. The summed E-state index contributed by atoms with van der Waals surface area (Å²) < 4.78 is 0. The molecule has 0 radical (unpaired) electrons. The molecule has 5 heteroatoms. The fourth-order valence-electron chi connectivity index (χ4n) is 3.76. The molecule has 3 fully saturated rings. The van der Waals surface area contributed by atoms with E-state index in [0.717, 1.165) is 32.7 Å². The smallest absolute Gasteiger partial charge is 0.317 e. The molecule has 108 valence electrons. The third-order valence-corrected chi connectivity index (χ3v) is 4.88. The molecular weight excluding hydrogens is 240 g/mol. The minimum Gasteiger partial charge on any atom is -0.333 e. The molecule has 0 aromatic heterocycles. The van der Waals surface area contributed by atoms with Gasteiger partial charge in [0.15, 0.2) is 0 Å². The fraction of sp³-hybridized carbons (Fsp3) is 0.929. The largest absolute Gasteiger partial charge is 0.333 e. The molecule has 2 N–H and O–H groups in total. The van der Waals surface area contributed by atoms with Gasteiger partial charge in [0.25, 0.3) is 0 Å². The predicted molar refractivity (Wildman–Crippen MR) is 75.1 cm³/mol. The van der Waals surface area contributed by atoms with E-state index in [2.05, 4.69) is 22.6 Å². The molecule has 3 rings (SSSR count). The Balaban J connectivity index is 1.53. The van der Waals surface area contributed by atoms with Crippen LogP contribution in [0, 0.1) is 11.8 Å². The van der Waals surface area contributed by atoms with Crippen molar-refractivity contribution in [1.29, 1.82) is 0 Å². The van der Waals surface area contributed by atoms with Gasteiger partial charge in [0.1, 0.15) is 0 Å². The van der Waals surface area contributed by atoms with E-state index in [1.807, 2.05) is 4.90 Å². The van der Waals surface area contributed by atoms with Crippen LogP contribution in [0.1, 0.15) is 19.3 Å². The third-order valence-electron chi connectivity index (χ3n) is 4.88. The number of amides is 2. The minimum atomic E-state index is 0.158. The van der Waals surface area contributed by atoms with Crippen LogP contribution in [0.3, 0.4) is 0 Å². The first-order chi connectivity index (χ1) is 9.22. The minimum absolute atomic E-state index is 0.158. The standard InChI is InChI=1S/C14H26N4O/c1-17-6-2-3-12(9-17)13-10-18(14(19)16-13)8-11-4-5-15-7-11/h11-13,15H,2-10H2,1H3,(H,16,19). The van der Waals surface area contributed by atoms with E-state index >= 15 is 0 Å². The van der Waals surface area contributed by atoms with Crippen molar-refractivity contribution in [3.63, 3.8) is 0 Å². The number of urea groups is 1. The Morgan fingerprint density at radius 1 is 1.32 bits per heavy atom. The molecule has 3 heterocycles. The van der Waals surface area contributed by atoms with Crippen LogP contribution < -0.4 is 10.6 Å². The average molecular weight is 266 g/mol. The fourth-order valence-corrected chi connectivity index (χ4v) is 3.76. The van der Waals surface area contributed by atoms with Gasteiger partial charge >= 0.3 is 6.03 Å². The summed E-state index contributed by atoms with van der Waals surface area (Å²) in [6.07, 6.45) is 3.73. The van der Waals surface area contributed by atoms with E-state index in [9.17, 15) is 4.79 Å².